The number of hydrogen-bond donors (Lipinski definition) is 7. The highest BCUT2D eigenvalue weighted by Crippen LogP contribution is 2.19. The highest BCUT2D eigenvalue weighted by molar-refractivity contribution is 5.96. The fourth-order valence-corrected chi connectivity index (χ4v) is 3.51. The number of primary amides is 2. The zero-order valence-corrected chi connectivity index (χ0v) is 18.3. The number of nitrogens with zero attached hydrogens (tertiary/aromatic N) is 1. The van der Waals surface area contributed by atoms with Gasteiger partial charge in [0.15, 0.2) is 0 Å². The minimum atomic E-state index is -1.41. The van der Waals surface area contributed by atoms with Crippen LogP contribution in [0.25, 0.3) is 0 Å². The molecule has 186 valence electrons. The van der Waals surface area contributed by atoms with Gasteiger partial charge in [-0.2, -0.15) is 0 Å². The Kier molecular flexibility index (Phi) is 11.2. The molecule has 0 radical (unpaired) electrons. The monoisotopic (exact) mass is 471 g/mol. The third-order valence-corrected chi connectivity index (χ3v) is 5.18. The molecule has 1 fully saturated rings. The van der Waals surface area contributed by atoms with Gasteiger partial charge < -0.3 is 43.6 Å². The lowest BCUT2D eigenvalue weighted by Crippen LogP contribution is -2.58. The smallest absolute Gasteiger partial charge is 0.326 e. The van der Waals surface area contributed by atoms with Gasteiger partial charge >= 0.3 is 5.97 Å². The Hall–Kier alpha value is -3.26. The SMILES string of the molecule is NCCCCC(NC(=O)C(N)CC(N)=O)C(=O)NC(CC(N)=O)C(=O)N1CCCC1C(=O)O. The zero-order chi connectivity index (χ0) is 25.1. The largest absolute Gasteiger partial charge is 0.480 e. The summed E-state index contributed by atoms with van der Waals surface area (Å²) in [4.78, 5) is 73.2. The molecule has 5 amide bonds. The molecule has 0 aromatic carbocycles. The molecule has 0 aromatic rings. The molecule has 33 heavy (non-hydrogen) atoms. The van der Waals surface area contributed by atoms with Crippen molar-refractivity contribution in [3.05, 3.63) is 0 Å². The molecule has 0 spiro atoms. The molecule has 14 heteroatoms. The Morgan fingerprint density at radius 2 is 1.55 bits per heavy atom. The second kappa shape index (κ2) is 13.3. The zero-order valence-electron chi connectivity index (χ0n) is 18.3. The Morgan fingerprint density at radius 3 is 2.09 bits per heavy atom. The number of hydrogen-bond acceptors (Lipinski definition) is 8. The van der Waals surface area contributed by atoms with E-state index in [-0.39, 0.29) is 19.4 Å². The summed E-state index contributed by atoms with van der Waals surface area (Å²) < 4.78 is 0. The normalized spacial score (nSPS) is 18.1. The van der Waals surface area contributed by atoms with Crippen LogP contribution in [0.4, 0.5) is 0 Å². The van der Waals surface area contributed by atoms with E-state index in [0.29, 0.717) is 25.8 Å². The van der Waals surface area contributed by atoms with Crippen molar-refractivity contribution in [2.24, 2.45) is 22.9 Å². The maximum Gasteiger partial charge on any atom is 0.326 e. The van der Waals surface area contributed by atoms with E-state index in [0.717, 1.165) is 4.90 Å². The van der Waals surface area contributed by atoms with Crippen molar-refractivity contribution in [2.45, 2.75) is 69.1 Å². The lowest BCUT2D eigenvalue weighted by atomic mass is 10.1. The first-order valence-electron chi connectivity index (χ1n) is 10.6. The molecule has 1 rings (SSSR count). The van der Waals surface area contributed by atoms with E-state index in [1.165, 1.54) is 0 Å². The average Bonchev–Trinajstić information content (AvgIpc) is 3.21. The number of amides is 5. The maximum atomic E-state index is 12.9. The van der Waals surface area contributed by atoms with Crippen molar-refractivity contribution in [1.29, 1.82) is 0 Å². The van der Waals surface area contributed by atoms with Gasteiger partial charge in [0.05, 0.1) is 18.9 Å². The molecule has 1 aliphatic rings. The molecule has 4 unspecified atom stereocenters. The van der Waals surface area contributed by atoms with Crippen LogP contribution in [0.2, 0.25) is 0 Å². The molecule has 14 nitrogen and oxygen atoms in total. The summed E-state index contributed by atoms with van der Waals surface area (Å²) in [6, 6.07) is -4.92. The fourth-order valence-electron chi connectivity index (χ4n) is 3.51. The van der Waals surface area contributed by atoms with E-state index in [2.05, 4.69) is 10.6 Å². The Bertz CT molecular complexity index is 761. The summed E-state index contributed by atoms with van der Waals surface area (Å²) in [6.45, 7) is 0.497. The first-order chi connectivity index (χ1) is 15.5. The van der Waals surface area contributed by atoms with Crippen LogP contribution in [-0.4, -0.2) is 82.8 Å². The van der Waals surface area contributed by atoms with Gasteiger partial charge in [-0.1, -0.05) is 0 Å². The highest BCUT2D eigenvalue weighted by atomic mass is 16.4. The minimum Gasteiger partial charge on any atom is -0.480 e. The number of likely N-dealkylation sites (tertiary alicyclic amines) is 1. The predicted molar refractivity (Wildman–Crippen MR) is 115 cm³/mol. The van der Waals surface area contributed by atoms with Crippen LogP contribution in [0.5, 0.6) is 0 Å². The fraction of sp³-hybridized carbons (Fsp3) is 0.684. The number of carboxylic acid groups (broad SMARTS) is 1. The predicted octanol–water partition coefficient (Wildman–Crippen LogP) is -3.76. The standard InChI is InChI=1S/C19H33N7O7/c20-6-2-1-4-11(24-16(29)10(21)8-14(22)27)17(30)25-12(9-15(23)28)18(31)26-7-3-5-13(26)19(32)33/h10-13H,1-9,20-21H2,(H2,22,27)(H2,23,28)(H,24,29)(H,25,30)(H,32,33). The molecule has 4 atom stereocenters. The lowest BCUT2D eigenvalue weighted by molar-refractivity contribution is -0.149. The van der Waals surface area contributed by atoms with Crippen LogP contribution in [0.15, 0.2) is 0 Å². The summed E-state index contributed by atoms with van der Waals surface area (Å²) in [7, 11) is 0. The summed E-state index contributed by atoms with van der Waals surface area (Å²) in [5.41, 5.74) is 21.3. The van der Waals surface area contributed by atoms with Crippen LogP contribution in [0.3, 0.4) is 0 Å². The van der Waals surface area contributed by atoms with Crippen LogP contribution in [-0.2, 0) is 28.8 Å². The Morgan fingerprint density at radius 1 is 0.939 bits per heavy atom. The average molecular weight is 472 g/mol. The van der Waals surface area contributed by atoms with Crippen molar-refractivity contribution < 1.29 is 33.9 Å². The second-order valence-corrected chi connectivity index (χ2v) is 7.88. The summed E-state index contributed by atoms with van der Waals surface area (Å²) in [5, 5.41) is 14.1. The quantitative estimate of drug-likeness (QED) is 0.123. The number of nitrogens with two attached hydrogens (primary N) is 4. The number of rotatable bonds is 14. The summed E-state index contributed by atoms with van der Waals surface area (Å²) in [6.07, 6.45) is 0.835. The van der Waals surface area contributed by atoms with E-state index in [1.807, 2.05) is 0 Å². The Labute approximate surface area is 190 Å². The number of carbonyl (C=O) groups excluding carboxylic acids is 5. The van der Waals surface area contributed by atoms with Gasteiger partial charge in [0, 0.05) is 6.54 Å². The van der Waals surface area contributed by atoms with E-state index in [1.54, 1.807) is 0 Å². The number of carboxylic acids is 1. The lowest BCUT2D eigenvalue weighted by Gasteiger charge is -2.28. The van der Waals surface area contributed by atoms with Crippen LogP contribution in [0, 0.1) is 0 Å². The molecule has 1 saturated heterocycles. The van der Waals surface area contributed by atoms with Crippen molar-refractivity contribution >= 4 is 35.5 Å². The molecular weight excluding hydrogens is 438 g/mol. The first kappa shape index (κ1) is 27.8. The van der Waals surface area contributed by atoms with Gasteiger partial charge in [-0.15, -0.1) is 0 Å². The minimum absolute atomic E-state index is 0.136. The van der Waals surface area contributed by atoms with Gasteiger partial charge in [0.25, 0.3) is 0 Å². The van der Waals surface area contributed by atoms with Crippen LogP contribution < -0.4 is 33.6 Å². The number of carbonyl (C=O) groups is 6. The third kappa shape index (κ3) is 9.02. The second-order valence-electron chi connectivity index (χ2n) is 7.88. The number of aliphatic carboxylic acids is 1. The first-order valence-corrected chi connectivity index (χ1v) is 10.6. The molecule has 0 aliphatic carbocycles. The molecule has 11 N–H and O–H groups in total. The molecule has 0 bridgehead atoms. The summed E-state index contributed by atoms with van der Waals surface area (Å²) in [5.74, 6) is -5.23. The van der Waals surface area contributed by atoms with Gasteiger partial charge in [0.2, 0.25) is 29.5 Å². The van der Waals surface area contributed by atoms with E-state index >= 15 is 0 Å². The molecule has 0 aromatic heterocycles. The third-order valence-electron chi connectivity index (χ3n) is 5.18. The van der Waals surface area contributed by atoms with Crippen molar-refractivity contribution in [1.82, 2.24) is 15.5 Å². The van der Waals surface area contributed by atoms with Crippen molar-refractivity contribution in [2.75, 3.05) is 13.1 Å². The van der Waals surface area contributed by atoms with Crippen molar-refractivity contribution in [3.8, 4) is 0 Å². The molecule has 1 heterocycles. The Balaban J connectivity index is 2.99. The molecular formula is C19H33N7O7. The van der Waals surface area contributed by atoms with Crippen LogP contribution in [0.1, 0.15) is 44.9 Å². The van der Waals surface area contributed by atoms with Gasteiger partial charge in [0.1, 0.15) is 18.1 Å². The maximum absolute atomic E-state index is 12.9. The molecule has 0 saturated carbocycles. The van der Waals surface area contributed by atoms with E-state index in [9.17, 15) is 33.9 Å². The van der Waals surface area contributed by atoms with Gasteiger partial charge in [-0.25, -0.2) is 4.79 Å². The topological polar surface area (TPSA) is 254 Å². The number of unbranched alkanes of at least 4 members (excludes halogenated alkanes) is 1. The highest BCUT2D eigenvalue weighted by Gasteiger charge is 2.39. The van der Waals surface area contributed by atoms with E-state index in [4.69, 9.17) is 22.9 Å². The van der Waals surface area contributed by atoms with Gasteiger partial charge in [-0.3, -0.25) is 24.0 Å². The van der Waals surface area contributed by atoms with Crippen molar-refractivity contribution in [3.63, 3.8) is 0 Å². The summed E-state index contributed by atoms with van der Waals surface area (Å²) >= 11 is 0. The van der Waals surface area contributed by atoms with Crippen LogP contribution >= 0.6 is 0 Å². The molecule has 1 aliphatic heterocycles. The van der Waals surface area contributed by atoms with Gasteiger partial charge in [-0.05, 0) is 38.6 Å². The number of nitrogens with one attached hydrogen (secondary N) is 2. The van der Waals surface area contributed by atoms with E-state index < -0.39 is 72.5 Å².